The van der Waals surface area contributed by atoms with Gasteiger partial charge in [-0.3, -0.25) is 0 Å². The van der Waals surface area contributed by atoms with Crippen LogP contribution in [-0.4, -0.2) is 31.9 Å². The highest BCUT2D eigenvalue weighted by atomic mass is 32.1. The van der Waals surface area contributed by atoms with Gasteiger partial charge in [0, 0.05) is 20.2 Å². The first-order chi connectivity index (χ1) is 8.24. The van der Waals surface area contributed by atoms with Crippen molar-refractivity contribution in [2.75, 3.05) is 26.8 Å². The summed E-state index contributed by atoms with van der Waals surface area (Å²) in [5, 5.41) is 6.57. The molecule has 0 unspecified atom stereocenters. The van der Waals surface area contributed by atoms with E-state index in [1.54, 1.807) is 19.2 Å². The highest BCUT2D eigenvalue weighted by Crippen LogP contribution is 2.05. The van der Waals surface area contributed by atoms with Gasteiger partial charge in [-0.05, 0) is 30.3 Å². The number of halogens is 1. The lowest BCUT2D eigenvalue weighted by molar-refractivity contribution is 0.204. The zero-order valence-electron chi connectivity index (χ0n) is 9.83. The van der Waals surface area contributed by atoms with Crippen molar-refractivity contribution in [3.8, 4) is 0 Å². The molecule has 2 N–H and O–H groups in total. The van der Waals surface area contributed by atoms with Crippen LogP contribution in [0.25, 0.3) is 0 Å². The third kappa shape index (κ3) is 5.60. The number of hydrogen-bond donors (Lipinski definition) is 2. The van der Waals surface area contributed by atoms with Crippen molar-refractivity contribution in [1.29, 1.82) is 0 Å². The topological polar surface area (TPSA) is 33.3 Å². The van der Waals surface area contributed by atoms with Gasteiger partial charge in [0.15, 0.2) is 5.11 Å². The van der Waals surface area contributed by atoms with Gasteiger partial charge in [0.2, 0.25) is 0 Å². The second-order valence-electron chi connectivity index (χ2n) is 3.52. The average Bonchev–Trinajstić information content (AvgIpc) is 2.32. The van der Waals surface area contributed by atoms with Crippen molar-refractivity contribution < 1.29 is 9.13 Å². The quantitative estimate of drug-likeness (QED) is 0.596. The van der Waals surface area contributed by atoms with Gasteiger partial charge in [-0.25, -0.2) is 4.39 Å². The second-order valence-corrected chi connectivity index (χ2v) is 3.93. The smallest absolute Gasteiger partial charge is 0.166 e. The molecule has 0 spiro atoms. The fourth-order valence-electron chi connectivity index (χ4n) is 1.34. The van der Waals surface area contributed by atoms with E-state index in [-0.39, 0.29) is 5.82 Å². The van der Waals surface area contributed by atoms with Crippen molar-refractivity contribution in [3.63, 3.8) is 0 Å². The Hall–Kier alpha value is -1.20. The number of nitrogens with one attached hydrogen (secondary N) is 2. The maximum atomic E-state index is 13.3. The molecule has 5 heteroatoms. The molecule has 0 fully saturated rings. The Bertz CT molecular complexity index is 360. The highest BCUT2D eigenvalue weighted by Gasteiger charge is 2.00. The van der Waals surface area contributed by atoms with Crippen molar-refractivity contribution in [2.24, 2.45) is 0 Å². The summed E-state index contributed by atoms with van der Waals surface area (Å²) in [4.78, 5) is 0. The Labute approximate surface area is 106 Å². The molecular formula is C12H17FN2OS. The number of thiocarbonyl (C=S) groups is 1. The number of rotatable bonds is 6. The SMILES string of the molecule is COCCNC(=S)NCCc1ccccc1F. The number of hydrogen-bond acceptors (Lipinski definition) is 2. The molecule has 0 heterocycles. The molecule has 1 aromatic rings. The fourth-order valence-corrected chi connectivity index (χ4v) is 1.55. The van der Waals surface area contributed by atoms with Gasteiger partial charge >= 0.3 is 0 Å². The van der Waals surface area contributed by atoms with Crippen LogP contribution in [0.1, 0.15) is 5.56 Å². The van der Waals surface area contributed by atoms with Crippen LogP contribution < -0.4 is 10.6 Å². The van der Waals surface area contributed by atoms with Crippen molar-refractivity contribution in [2.45, 2.75) is 6.42 Å². The summed E-state index contributed by atoms with van der Waals surface area (Å²) >= 11 is 5.04. The minimum atomic E-state index is -0.174. The lowest BCUT2D eigenvalue weighted by Gasteiger charge is -2.10. The van der Waals surface area contributed by atoms with Crippen LogP contribution in [0.2, 0.25) is 0 Å². The van der Waals surface area contributed by atoms with E-state index >= 15 is 0 Å². The molecule has 0 radical (unpaired) electrons. The van der Waals surface area contributed by atoms with E-state index in [9.17, 15) is 4.39 Å². The molecule has 0 aliphatic rings. The van der Waals surface area contributed by atoms with E-state index in [0.29, 0.717) is 36.8 Å². The van der Waals surface area contributed by atoms with Gasteiger partial charge in [-0.15, -0.1) is 0 Å². The molecule has 0 aliphatic heterocycles. The maximum Gasteiger partial charge on any atom is 0.166 e. The normalized spacial score (nSPS) is 10.0. The number of ether oxygens (including phenoxy) is 1. The fraction of sp³-hybridized carbons (Fsp3) is 0.417. The van der Waals surface area contributed by atoms with Gasteiger partial charge in [0.25, 0.3) is 0 Å². The van der Waals surface area contributed by atoms with Crippen LogP contribution in [-0.2, 0) is 11.2 Å². The van der Waals surface area contributed by atoms with Crippen LogP contribution in [0.4, 0.5) is 4.39 Å². The molecule has 17 heavy (non-hydrogen) atoms. The summed E-state index contributed by atoms with van der Waals surface area (Å²) in [7, 11) is 1.64. The Balaban J connectivity index is 2.19. The first-order valence-electron chi connectivity index (χ1n) is 5.48. The molecule has 0 bridgehead atoms. The van der Waals surface area contributed by atoms with E-state index in [2.05, 4.69) is 10.6 Å². The molecule has 94 valence electrons. The third-order valence-corrected chi connectivity index (χ3v) is 2.52. The van der Waals surface area contributed by atoms with Gasteiger partial charge in [0.1, 0.15) is 5.82 Å². The van der Waals surface area contributed by atoms with E-state index in [0.717, 1.165) is 0 Å². The lowest BCUT2D eigenvalue weighted by Crippen LogP contribution is -2.38. The lowest BCUT2D eigenvalue weighted by atomic mass is 10.1. The Morgan fingerprint density at radius 2 is 2.00 bits per heavy atom. The monoisotopic (exact) mass is 256 g/mol. The van der Waals surface area contributed by atoms with Crippen LogP contribution in [0, 0.1) is 5.82 Å². The van der Waals surface area contributed by atoms with E-state index < -0.39 is 0 Å². The minimum absolute atomic E-state index is 0.174. The number of methoxy groups -OCH3 is 1. The molecule has 0 saturated heterocycles. The summed E-state index contributed by atoms with van der Waals surface area (Å²) < 4.78 is 18.2. The molecular weight excluding hydrogens is 239 g/mol. The van der Waals surface area contributed by atoms with Gasteiger partial charge in [-0.1, -0.05) is 18.2 Å². The van der Waals surface area contributed by atoms with Crippen LogP contribution in [0.15, 0.2) is 24.3 Å². The molecule has 0 saturated carbocycles. The molecule has 0 aliphatic carbocycles. The molecule has 0 aromatic heterocycles. The van der Waals surface area contributed by atoms with E-state index in [1.807, 2.05) is 6.07 Å². The van der Waals surface area contributed by atoms with Crippen LogP contribution in [0.3, 0.4) is 0 Å². The van der Waals surface area contributed by atoms with Crippen molar-refractivity contribution in [1.82, 2.24) is 10.6 Å². The Morgan fingerprint density at radius 1 is 1.29 bits per heavy atom. The van der Waals surface area contributed by atoms with Crippen molar-refractivity contribution in [3.05, 3.63) is 35.6 Å². The first-order valence-corrected chi connectivity index (χ1v) is 5.89. The van der Waals surface area contributed by atoms with Gasteiger partial charge in [0.05, 0.1) is 6.61 Å². The predicted octanol–water partition coefficient (Wildman–Crippen LogP) is 1.48. The van der Waals surface area contributed by atoms with Crippen LogP contribution >= 0.6 is 12.2 Å². The third-order valence-electron chi connectivity index (χ3n) is 2.23. The minimum Gasteiger partial charge on any atom is -0.383 e. The molecule has 3 nitrogen and oxygen atoms in total. The largest absolute Gasteiger partial charge is 0.383 e. The summed E-state index contributed by atoms with van der Waals surface area (Å²) in [6.45, 7) is 1.89. The molecule has 0 atom stereocenters. The predicted molar refractivity (Wildman–Crippen MR) is 70.6 cm³/mol. The first kappa shape index (κ1) is 13.9. The maximum absolute atomic E-state index is 13.3. The van der Waals surface area contributed by atoms with Crippen LogP contribution in [0.5, 0.6) is 0 Å². The zero-order chi connectivity index (χ0) is 12.5. The highest BCUT2D eigenvalue weighted by molar-refractivity contribution is 7.80. The van der Waals surface area contributed by atoms with Gasteiger partial charge in [-0.2, -0.15) is 0 Å². The number of benzene rings is 1. The average molecular weight is 256 g/mol. The van der Waals surface area contributed by atoms with Gasteiger partial charge < -0.3 is 15.4 Å². The molecule has 1 rings (SSSR count). The molecule has 1 aromatic carbocycles. The van der Waals surface area contributed by atoms with E-state index in [1.165, 1.54) is 6.07 Å². The van der Waals surface area contributed by atoms with E-state index in [4.69, 9.17) is 17.0 Å². The molecule has 0 amide bonds. The summed E-state index contributed by atoms with van der Waals surface area (Å²) in [6, 6.07) is 6.75. The summed E-state index contributed by atoms with van der Waals surface area (Å²) in [5.74, 6) is -0.174. The summed E-state index contributed by atoms with van der Waals surface area (Å²) in [6.07, 6.45) is 0.610. The van der Waals surface area contributed by atoms with Crippen molar-refractivity contribution >= 4 is 17.3 Å². The second kappa shape index (κ2) is 7.97. The Kier molecular flexibility index (Phi) is 6.50. The Morgan fingerprint density at radius 3 is 2.71 bits per heavy atom. The summed E-state index contributed by atoms with van der Waals surface area (Å²) in [5.41, 5.74) is 0.694. The zero-order valence-corrected chi connectivity index (χ0v) is 10.6. The standard InChI is InChI=1S/C12H17FN2OS/c1-16-9-8-15-12(17)14-7-6-10-4-2-3-5-11(10)13/h2-5H,6-9H2,1H3,(H2,14,15,17).